The van der Waals surface area contributed by atoms with Gasteiger partial charge in [-0.3, -0.25) is 47.9 Å². The fraction of sp³-hybridized carbons (Fsp3) is 0.650. The fourth-order valence-corrected chi connectivity index (χ4v) is 5.10. The van der Waals surface area contributed by atoms with E-state index in [1.807, 2.05) is 62.3 Å². The van der Waals surface area contributed by atoms with E-state index in [2.05, 4.69) is 14.2 Å². The number of benzene rings is 1. The summed E-state index contributed by atoms with van der Waals surface area (Å²) in [5, 5.41) is 0. The van der Waals surface area contributed by atoms with E-state index in [4.69, 9.17) is 23.7 Å². The number of para-hydroxylation sites is 1. The van der Waals surface area contributed by atoms with Crippen molar-refractivity contribution >= 4 is 82.7 Å². The summed E-state index contributed by atoms with van der Waals surface area (Å²) in [6, 6.07) is 6.82. The van der Waals surface area contributed by atoms with E-state index in [1.165, 1.54) is 54.5 Å². The third kappa shape index (κ3) is 44.5. The van der Waals surface area contributed by atoms with Gasteiger partial charge in [-0.25, -0.2) is 14.4 Å². The largest absolute Gasteiger partial charge is 0.463 e. The van der Waals surface area contributed by atoms with Crippen LogP contribution in [0.25, 0.3) is 6.08 Å². The van der Waals surface area contributed by atoms with Crippen molar-refractivity contribution in [1.82, 2.24) is 0 Å². The molecule has 0 amide bonds. The van der Waals surface area contributed by atoms with E-state index in [0.717, 1.165) is 0 Å². The summed E-state index contributed by atoms with van der Waals surface area (Å²) >= 11 is 0. The summed E-state index contributed by atoms with van der Waals surface area (Å²) < 4.78 is 38.1. The second-order valence-corrected chi connectivity index (χ2v) is 23.5. The fourth-order valence-electron chi connectivity index (χ4n) is 5.10. The number of Topliss-reactive ketones (excluding diaryl/α,β-unsaturated/α-hetero) is 4. The van der Waals surface area contributed by atoms with Gasteiger partial charge in [-0.2, -0.15) is 0 Å². The Morgan fingerprint density at radius 2 is 0.815 bits per heavy atom. The molecule has 0 fully saturated rings. The molecule has 0 aliphatic heterocycles. The van der Waals surface area contributed by atoms with E-state index in [1.54, 1.807) is 78.8 Å². The molecule has 1 aromatic carbocycles. The minimum Gasteiger partial charge on any atom is -0.463 e. The molecule has 21 nitrogen and oxygen atoms in total. The number of hydrogen-bond donors (Lipinski definition) is 0. The van der Waals surface area contributed by atoms with Crippen LogP contribution in [0.4, 0.5) is 0 Å². The van der Waals surface area contributed by atoms with Gasteiger partial charge in [0.1, 0.15) is 23.9 Å². The van der Waals surface area contributed by atoms with Crippen LogP contribution < -0.4 is 4.74 Å². The third-order valence-electron chi connectivity index (χ3n) is 10.00. The monoisotopic (exact) mass is 1150 g/mol. The molecular formula is C60H94O21. The second-order valence-electron chi connectivity index (χ2n) is 23.5. The van der Waals surface area contributed by atoms with E-state index in [-0.39, 0.29) is 66.2 Å². The molecule has 0 aromatic heterocycles. The molecule has 0 saturated carbocycles. The van der Waals surface area contributed by atoms with Crippen LogP contribution in [0.1, 0.15) is 190 Å². The number of esters is 8. The Kier molecular flexibility index (Phi) is 38.5. The molecule has 0 radical (unpaired) electrons. The first-order valence-electron chi connectivity index (χ1n) is 26.4. The maximum Gasteiger partial charge on any atom is 0.352 e. The zero-order valence-corrected chi connectivity index (χ0v) is 52.4. The average Bonchev–Trinajstić information content (AvgIpc) is 3.30. The number of ether oxygens (including phenoxy) is 8. The Morgan fingerprint density at radius 3 is 1.20 bits per heavy atom. The van der Waals surface area contributed by atoms with Crippen LogP contribution >= 0.6 is 0 Å². The maximum atomic E-state index is 11.9. The van der Waals surface area contributed by atoms with Crippen LogP contribution in [-0.2, 0) is 95.5 Å². The summed E-state index contributed by atoms with van der Waals surface area (Å²) in [7, 11) is 0. The van der Waals surface area contributed by atoms with Crippen molar-refractivity contribution in [2.45, 2.75) is 203 Å². The zero-order valence-electron chi connectivity index (χ0n) is 52.4. The second kappa shape index (κ2) is 38.7. The van der Waals surface area contributed by atoms with Crippen molar-refractivity contribution in [3.8, 4) is 5.75 Å². The molecule has 1 rings (SSSR count). The van der Waals surface area contributed by atoms with Crippen molar-refractivity contribution in [3.63, 3.8) is 0 Å². The molecule has 460 valence electrons. The predicted molar refractivity (Wildman–Crippen MR) is 301 cm³/mol. The van der Waals surface area contributed by atoms with E-state index in [0.29, 0.717) is 37.0 Å². The summed E-state index contributed by atoms with van der Waals surface area (Å²) in [6.45, 7) is 37.9. The van der Waals surface area contributed by atoms with Gasteiger partial charge < -0.3 is 37.9 Å². The number of ketones is 5. The lowest BCUT2D eigenvalue weighted by Gasteiger charge is -2.21. The molecule has 1 aromatic rings. The first kappa shape index (κ1) is 80.5. The predicted octanol–water partition coefficient (Wildman–Crippen LogP) is 9.25. The lowest BCUT2D eigenvalue weighted by Crippen LogP contribution is -2.33. The van der Waals surface area contributed by atoms with Crippen LogP contribution in [0.2, 0.25) is 0 Å². The minimum absolute atomic E-state index is 0.0353. The summed E-state index contributed by atoms with van der Waals surface area (Å²) in [6.07, 6.45) is 2.25. The quantitative estimate of drug-likeness (QED) is 0.0364. The van der Waals surface area contributed by atoms with Crippen LogP contribution in [0, 0.1) is 27.1 Å². The molecule has 0 spiro atoms. The van der Waals surface area contributed by atoms with Gasteiger partial charge in [-0.15, -0.1) is 0 Å². The van der Waals surface area contributed by atoms with Crippen LogP contribution in [0.3, 0.4) is 0 Å². The molecule has 3 unspecified atom stereocenters. The SMILES string of the molecule is CC(=O)OC(C)C(=O)C(C)(C)C.CC(=O)OC(C)C(=O)OCCCC(=O)C(C)(C)C.CC(=O)OC(C)C(=O)Oc1ccccc1/C=C\C(=O)C(C)(C)C.CC(=O)OCC(=O)C(C)(C)C.CC(=O)OCC(=O)OCCCC(=O)C(C)(C)C. The molecule has 0 aliphatic carbocycles. The maximum absolute atomic E-state index is 11.9. The third-order valence-corrected chi connectivity index (χ3v) is 10.00. The number of carbonyl (C=O) groups is 13. The highest BCUT2D eigenvalue weighted by atomic mass is 16.6. The van der Waals surface area contributed by atoms with Gasteiger partial charge in [0.25, 0.3) is 0 Å². The Balaban J connectivity index is -0.000000469. The van der Waals surface area contributed by atoms with Gasteiger partial charge in [-0.05, 0) is 51.8 Å². The van der Waals surface area contributed by atoms with E-state index >= 15 is 0 Å². The van der Waals surface area contributed by atoms with Crippen molar-refractivity contribution < 1.29 is 100 Å². The number of carbonyl (C=O) groups excluding carboxylic acids is 13. The Morgan fingerprint density at radius 1 is 0.432 bits per heavy atom. The minimum atomic E-state index is -0.999. The smallest absolute Gasteiger partial charge is 0.352 e. The van der Waals surface area contributed by atoms with Gasteiger partial charge in [0.2, 0.25) is 0 Å². The Bertz CT molecular complexity index is 2290. The highest BCUT2D eigenvalue weighted by molar-refractivity contribution is 5.97. The normalized spacial score (nSPS) is 12.2. The van der Waals surface area contributed by atoms with Gasteiger partial charge in [0.15, 0.2) is 42.3 Å². The molecule has 0 saturated heterocycles. The van der Waals surface area contributed by atoms with Crippen molar-refractivity contribution in [2.75, 3.05) is 26.4 Å². The standard InChI is InChI=1S/C18H22O5.C13H22O5.C12H20O5.C9H16O3.C8H14O3/c1-12(22-13(2)19)17(21)23-15-9-7-6-8-14(15)10-11-16(20)18(3,4)5;1-9(18-10(2)14)12(16)17-8-6-7-11(15)13(3,4)5;1-9(13)17-8-11(15)16-7-5-6-10(14)12(2,3)4;1-6(12-7(2)10)8(11)9(3,4)5;1-6(9)11-5-7(10)8(2,3)4/h6-12H,1-5H3;9H,6-8H2,1-5H3;5-8H2,1-4H3;6H,1-5H3;5H2,1-4H3/b11-10-;;;;. The zero-order chi connectivity index (χ0) is 64.4. The molecule has 21 heteroatoms. The molecule has 0 N–H and O–H groups in total. The van der Waals surface area contributed by atoms with Gasteiger partial charge >= 0.3 is 47.8 Å². The van der Waals surface area contributed by atoms with Gasteiger partial charge in [-0.1, -0.05) is 122 Å². The number of rotatable bonds is 21. The van der Waals surface area contributed by atoms with Gasteiger partial charge in [0.05, 0.1) is 13.2 Å². The van der Waals surface area contributed by atoms with Crippen molar-refractivity contribution in [2.24, 2.45) is 27.1 Å². The molecule has 3 atom stereocenters. The summed E-state index contributed by atoms with van der Waals surface area (Å²) in [4.78, 5) is 145. The molecule has 0 aliphatic rings. The van der Waals surface area contributed by atoms with Gasteiger partial charge in [0, 0.05) is 80.1 Å². The topological polar surface area (TPSA) is 296 Å². The molecule has 0 heterocycles. The highest BCUT2D eigenvalue weighted by Gasteiger charge is 2.29. The van der Waals surface area contributed by atoms with Crippen molar-refractivity contribution in [3.05, 3.63) is 35.9 Å². The first-order chi connectivity index (χ1) is 36.6. The van der Waals surface area contributed by atoms with Crippen molar-refractivity contribution in [1.29, 1.82) is 0 Å². The summed E-state index contributed by atoms with van der Waals surface area (Å²) in [5.41, 5.74) is -1.49. The van der Waals surface area contributed by atoms with E-state index < -0.39 is 82.3 Å². The first-order valence-corrected chi connectivity index (χ1v) is 26.4. The van der Waals surface area contributed by atoms with Crippen LogP contribution in [-0.4, -0.2) is 121 Å². The van der Waals surface area contributed by atoms with Crippen LogP contribution in [0.5, 0.6) is 5.75 Å². The Labute approximate surface area is 479 Å². The lowest BCUT2D eigenvalue weighted by molar-refractivity contribution is -0.165. The number of allylic oxidation sites excluding steroid dienone is 1. The molecule has 81 heavy (non-hydrogen) atoms. The van der Waals surface area contributed by atoms with E-state index in [9.17, 15) is 62.3 Å². The average molecular weight is 1150 g/mol. The highest BCUT2D eigenvalue weighted by Crippen LogP contribution is 2.23. The molecule has 0 bridgehead atoms. The lowest BCUT2D eigenvalue weighted by atomic mass is 9.88. The van der Waals surface area contributed by atoms with Crippen LogP contribution in [0.15, 0.2) is 30.3 Å². The number of hydrogen-bond acceptors (Lipinski definition) is 21. The Hall–Kier alpha value is -6.93. The molecular weight excluding hydrogens is 1060 g/mol. The summed E-state index contributed by atoms with van der Waals surface area (Å²) in [5.74, 6) is -3.89.